The van der Waals surface area contributed by atoms with E-state index in [1.54, 1.807) is 37.1 Å². The molecule has 9 heteroatoms. The molecule has 1 amide bonds. The first-order chi connectivity index (χ1) is 12.5. The second kappa shape index (κ2) is 9.35. The molecular weight excluding hydrogens is 356 g/mol. The van der Waals surface area contributed by atoms with Crippen molar-refractivity contribution in [3.63, 3.8) is 0 Å². The maximum Gasteiger partial charge on any atom is 0.292 e. The largest absolute Gasteiger partial charge is 0.497 e. The minimum atomic E-state index is -0.00267. The fourth-order valence-electron chi connectivity index (χ4n) is 2.37. The summed E-state index contributed by atoms with van der Waals surface area (Å²) < 4.78 is 17.7. The summed E-state index contributed by atoms with van der Waals surface area (Å²) in [7, 11) is 5.06. The van der Waals surface area contributed by atoms with E-state index in [0.717, 1.165) is 11.3 Å². The van der Waals surface area contributed by atoms with Crippen LogP contribution in [0.25, 0.3) is 11.5 Å². The number of hydrogen-bond acceptors (Lipinski definition) is 6. The predicted molar refractivity (Wildman–Crippen MR) is 98.9 cm³/mol. The Hall–Kier alpha value is -2.39. The molecule has 0 fully saturated rings. The summed E-state index contributed by atoms with van der Waals surface area (Å²) in [5.41, 5.74) is 0.699. The molecular formula is C17H25N4O4S+. The number of aromatic nitrogens is 2. The van der Waals surface area contributed by atoms with Gasteiger partial charge in [0.1, 0.15) is 11.5 Å². The van der Waals surface area contributed by atoms with Gasteiger partial charge in [-0.25, -0.2) is 0 Å². The van der Waals surface area contributed by atoms with Gasteiger partial charge in [0.15, 0.2) is 13.2 Å². The number of likely N-dealkylation sites (N-methyl/N-ethyl adjacent to an activating group) is 1. The summed E-state index contributed by atoms with van der Waals surface area (Å²) in [5, 5.41) is 7.28. The van der Waals surface area contributed by atoms with Crippen molar-refractivity contribution in [2.75, 3.05) is 34.4 Å². The third-order valence-corrected chi connectivity index (χ3v) is 3.95. The van der Waals surface area contributed by atoms with Crippen LogP contribution in [-0.2, 0) is 11.5 Å². The van der Waals surface area contributed by atoms with E-state index in [4.69, 9.17) is 26.1 Å². The minimum absolute atomic E-state index is 0.00267. The summed E-state index contributed by atoms with van der Waals surface area (Å²) >= 11 is 5.25. The van der Waals surface area contributed by atoms with E-state index in [-0.39, 0.29) is 10.7 Å². The van der Waals surface area contributed by atoms with Gasteiger partial charge in [0.05, 0.1) is 21.3 Å². The van der Waals surface area contributed by atoms with Gasteiger partial charge in [-0.3, -0.25) is 4.79 Å². The Balaban J connectivity index is 2.14. The van der Waals surface area contributed by atoms with Crippen molar-refractivity contribution < 1.29 is 23.6 Å². The molecule has 0 aliphatic heterocycles. The van der Waals surface area contributed by atoms with Crippen LogP contribution >= 0.6 is 12.2 Å². The average Bonchev–Trinajstić information content (AvgIpc) is 2.99. The number of carbonyl (C=O) groups excluding carboxylic acids is 1. The highest BCUT2D eigenvalue weighted by Gasteiger charge is 2.15. The lowest BCUT2D eigenvalue weighted by atomic mass is 10.2. The first-order valence-corrected chi connectivity index (χ1v) is 8.77. The Morgan fingerprint density at radius 2 is 1.96 bits per heavy atom. The van der Waals surface area contributed by atoms with Gasteiger partial charge in [-0.1, -0.05) is 6.92 Å². The summed E-state index contributed by atoms with van der Waals surface area (Å²) in [6, 6.07) is 5.35. The van der Waals surface area contributed by atoms with Crippen molar-refractivity contribution in [2.24, 2.45) is 0 Å². The first-order valence-electron chi connectivity index (χ1n) is 8.36. The van der Waals surface area contributed by atoms with Crippen molar-refractivity contribution >= 4 is 18.1 Å². The van der Waals surface area contributed by atoms with Gasteiger partial charge in [-0.05, 0) is 30.8 Å². The number of hydrogen-bond donors (Lipinski definition) is 2. The SMILES string of the molecule is CCCNC(=O)C[NH+](C)Cn1nc(-c2cc(OC)cc(OC)c2)oc1=S. The van der Waals surface area contributed by atoms with Crippen molar-refractivity contribution in [1.82, 2.24) is 15.1 Å². The molecule has 1 heterocycles. The molecule has 0 aliphatic carbocycles. The van der Waals surface area contributed by atoms with Gasteiger partial charge in [-0.15, -0.1) is 5.10 Å². The van der Waals surface area contributed by atoms with Crippen LogP contribution in [0.5, 0.6) is 11.5 Å². The van der Waals surface area contributed by atoms with Gasteiger partial charge in [0.2, 0.25) is 5.89 Å². The van der Waals surface area contributed by atoms with Crippen LogP contribution in [0.1, 0.15) is 13.3 Å². The number of methoxy groups -OCH3 is 2. The fraction of sp³-hybridized carbons (Fsp3) is 0.471. The van der Waals surface area contributed by atoms with Gasteiger partial charge in [0.25, 0.3) is 10.7 Å². The number of nitrogens with zero attached hydrogens (tertiary/aromatic N) is 2. The number of rotatable bonds is 9. The van der Waals surface area contributed by atoms with E-state index < -0.39 is 0 Å². The molecule has 0 saturated carbocycles. The molecule has 8 nitrogen and oxygen atoms in total. The van der Waals surface area contributed by atoms with Crippen molar-refractivity contribution in [2.45, 2.75) is 20.0 Å². The van der Waals surface area contributed by atoms with Crippen molar-refractivity contribution in [1.29, 1.82) is 0 Å². The van der Waals surface area contributed by atoms with Crippen molar-refractivity contribution in [3.8, 4) is 23.0 Å². The van der Waals surface area contributed by atoms with Crippen LogP contribution < -0.4 is 19.7 Å². The normalized spacial score (nSPS) is 11.8. The zero-order valence-corrected chi connectivity index (χ0v) is 16.3. The van der Waals surface area contributed by atoms with Gasteiger partial charge in [-0.2, -0.15) is 4.68 Å². The fourth-order valence-corrected chi connectivity index (χ4v) is 2.55. The zero-order valence-electron chi connectivity index (χ0n) is 15.5. The van der Waals surface area contributed by atoms with E-state index >= 15 is 0 Å². The standard InChI is InChI=1S/C17H24N4O4S/c1-5-6-18-15(22)10-20(2)11-21-17(26)25-16(19-21)12-7-13(23-3)9-14(8-12)24-4/h7-9H,5-6,10-11H2,1-4H3,(H,18,22)/p+1. The van der Waals surface area contributed by atoms with Crippen LogP contribution in [0.4, 0.5) is 0 Å². The van der Waals surface area contributed by atoms with E-state index in [1.165, 1.54) is 0 Å². The number of quaternary nitrogens is 1. The maximum absolute atomic E-state index is 11.8. The molecule has 0 radical (unpaired) electrons. The molecule has 0 aliphatic rings. The Labute approximate surface area is 157 Å². The smallest absolute Gasteiger partial charge is 0.292 e. The number of amides is 1. The Bertz CT molecular complexity index is 780. The van der Waals surface area contributed by atoms with Crippen LogP contribution in [0, 0.1) is 4.84 Å². The van der Waals surface area contributed by atoms with Gasteiger partial charge >= 0.3 is 0 Å². The summed E-state index contributed by atoms with van der Waals surface area (Å²) in [5.74, 6) is 1.63. The quantitative estimate of drug-likeness (QED) is 0.628. The minimum Gasteiger partial charge on any atom is -0.497 e. The maximum atomic E-state index is 11.8. The number of ether oxygens (including phenoxy) is 2. The molecule has 1 unspecified atom stereocenters. The molecule has 1 aromatic heterocycles. The van der Waals surface area contributed by atoms with Gasteiger partial charge in [0, 0.05) is 18.2 Å². The molecule has 0 bridgehead atoms. The lowest BCUT2D eigenvalue weighted by Gasteiger charge is -2.12. The second-order valence-electron chi connectivity index (χ2n) is 5.92. The molecule has 2 rings (SSSR count). The second-order valence-corrected chi connectivity index (χ2v) is 6.27. The molecule has 142 valence electrons. The molecule has 0 spiro atoms. The number of carbonyl (C=O) groups is 1. The van der Waals surface area contributed by atoms with Crippen molar-refractivity contribution in [3.05, 3.63) is 23.0 Å². The topological polar surface area (TPSA) is 83.0 Å². The average molecular weight is 381 g/mol. The zero-order chi connectivity index (χ0) is 19.1. The summed E-state index contributed by atoms with van der Waals surface area (Å²) in [6.45, 7) is 3.44. The predicted octanol–water partition coefficient (Wildman–Crippen LogP) is 0.888. The molecule has 1 aromatic carbocycles. The molecule has 0 saturated heterocycles. The third-order valence-electron chi connectivity index (χ3n) is 3.66. The van der Waals surface area contributed by atoms with E-state index in [9.17, 15) is 4.79 Å². The summed E-state index contributed by atoms with van der Waals surface area (Å²) in [6.07, 6.45) is 0.909. The van der Waals surface area contributed by atoms with Crippen LogP contribution in [0.15, 0.2) is 22.6 Å². The van der Waals surface area contributed by atoms with E-state index in [1.807, 2.05) is 14.0 Å². The molecule has 2 N–H and O–H groups in total. The lowest BCUT2D eigenvalue weighted by molar-refractivity contribution is -0.895. The highest BCUT2D eigenvalue weighted by molar-refractivity contribution is 7.71. The highest BCUT2D eigenvalue weighted by atomic mass is 32.1. The van der Waals surface area contributed by atoms with E-state index in [0.29, 0.717) is 42.7 Å². The monoisotopic (exact) mass is 381 g/mol. The Kier molecular flexibility index (Phi) is 7.16. The number of benzene rings is 1. The Morgan fingerprint density at radius 3 is 2.54 bits per heavy atom. The first kappa shape index (κ1) is 19.9. The Morgan fingerprint density at radius 1 is 1.31 bits per heavy atom. The molecule has 1 atom stereocenters. The van der Waals surface area contributed by atoms with Crippen LogP contribution in [0.2, 0.25) is 0 Å². The van der Waals surface area contributed by atoms with Gasteiger partial charge < -0.3 is 24.1 Å². The highest BCUT2D eigenvalue weighted by Crippen LogP contribution is 2.28. The molecule has 2 aromatic rings. The summed E-state index contributed by atoms with van der Waals surface area (Å²) in [4.78, 5) is 13.0. The lowest BCUT2D eigenvalue weighted by Crippen LogP contribution is -3.09. The number of nitrogens with one attached hydrogen (secondary N) is 2. The van der Waals surface area contributed by atoms with Crippen LogP contribution in [0.3, 0.4) is 0 Å². The van der Waals surface area contributed by atoms with Crippen LogP contribution in [-0.4, -0.2) is 50.0 Å². The third kappa shape index (κ3) is 5.30. The molecule has 26 heavy (non-hydrogen) atoms. The van der Waals surface area contributed by atoms with E-state index in [2.05, 4.69) is 10.4 Å².